The third kappa shape index (κ3) is 2.46. The molecule has 0 bridgehead atoms. The highest BCUT2D eigenvalue weighted by molar-refractivity contribution is 5.76. The number of aliphatic hydroxyl groups is 1. The molecular formula is C6H13NO2. The van der Waals surface area contributed by atoms with Crippen LogP contribution in [0.3, 0.4) is 0 Å². The van der Waals surface area contributed by atoms with E-state index in [0.717, 1.165) is 0 Å². The second-order valence-electron chi connectivity index (χ2n) is 2.44. The number of rotatable bonds is 3. The van der Waals surface area contributed by atoms with Gasteiger partial charge in [-0.1, -0.05) is 13.8 Å². The van der Waals surface area contributed by atoms with Gasteiger partial charge in [0.25, 0.3) is 0 Å². The van der Waals surface area contributed by atoms with Crippen LogP contribution in [-0.4, -0.2) is 17.6 Å². The van der Waals surface area contributed by atoms with Gasteiger partial charge in [0.1, 0.15) is 0 Å². The largest absolute Gasteiger partial charge is 0.396 e. The van der Waals surface area contributed by atoms with E-state index in [-0.39, 0.29) is 18.4 Å². The van der Waals surface area contributed by atoms with E-state index in [1.807, 2.05) is 13.8 Å². The van der Waals surface area contributed by atoms with Crippen LogP contribution in [0.4, 0.5) is 0 Å². The average molecular weight is 131 g/mol. The number of nitrogens with two attached hydrogens (primary N) is 1. The molecule has 0 radical (unpaired) electrons. The molecule has 1 atom stereocenters. The zero-order chi connectivity index (χ0) is 7.44. The molecule has 0 spiro atoms. The molecule has 0 fully saturated rings. The number of primary amides is 1. The van der Waals surface area contributed by atoms with Crippen molar-refractivity contribution < 1.29 is 9.90 Å². The van der Waals surface area contributed by atoms with Crippen LogP contribution >= 0.6 is 0 Å². The Morgan fingerprint density at radius 2 is 2.11 bits per heavy atom. The number of hydrogen-bond acceptors (Lipinski definition) is 2. The van der Waals surface area contributed by atoms with Gasteiger partial charge >= 0.3 is 0 Å². The van der Waals surface area contributed by atoms with Crippen molar-refractivity contribution in [3.05, 3.63) is 0 Å². The van der Waals surface area contributed by atoms with Crippen LogP contribution in [0.1, 0.15) is 13.8 Å². The van der Waals surface area contributed by atoms with Crippen molar-refractivity contribution in [2.75, 3.05) is 6.61 Å². The lowest BCUT2D eigenvalue weighted by Gasteiger charge is -2.12. The summed E-state index contributed by atoms with van der Waals surface area (Å²) in [6.07, 6.45) is 0. The maximum atomic E-state index is 10.4. The Morgan fingerprint density at radius 3 is 2.11 bits per heavy atom. The highest BCUT2D eigenvalue weighted by Gasteiger charge is 2.17. The van der Waals surface area contributed by atoms with Gasteiger partial charge in [0.2, 0.25) is 5.91 Å². The summed E-state index contributed by atoms with van der Waals surface area (Å²) in [5.41, 5.74) is 4.95. The Balaban J connectivity index is 3.83. The summed E-state index contributed by atoms with van der Waals surface area (Å²) in [7, 11) is 0. The van der Waals surface area contributed by atoms with Crippen molar-refractivity contribution in [3.63, 3.8) is 0 Å². The van der Waals surface area contributed by atoms with Gasteiger partial charge in [0, 0.05) is 0 Å². The molecule has 0 saturated heterocycles. The summed E-state index contributed by atoms with van der Waals surface area (Å²) in [5, 5.41) is 8.57. The molecule has 0 aliphatic rings. The van der Waals surface area contributed by atoms with Gasteiger partial charge < -0.3 is 10.8 Å². The van der Waals surface area contributed by atoms with Crippen LogP contribution in [0.2, 0.25) is 0 Å². The molecule has 54 valence electrons. The lowest BCUT2D eigenvalue weighted by Crippen LogP contribution is -2.30. The van der Waals surface area contributed by atoms with Crippen molar-refractivity contribution in [1.29, 1.82) is 0 Å². The molecule has 0 saturated carbocycles. The van der Waals surface area contributed by atoms with Gasteiger partial charge in [0.15, 0.2) is 0 Å². The molecule has 9 heavy (non-hydrogen) atoms. The third-order valence-corrected chi connectivity index (χ3v) is 1.37. The summed E-state index contributed by atoms with van der Waals surface area (Å²) in [6, 6.07) is 0. The van der Waals surface area contributed by atoms with E-state index in [1.54, 1.807) is 0 Å². The minimum Gasteiger partial charge on any atom is -0.396 e. The number of carbonyl (C=O) groups excluding carboxylic acids is 1. The predicted octanol–water partition coefficient (Wildman–Crippen LogP) is -0.264. The van der Waals surface area contributed by atoms with Crippen molar-refractivity contribution in [2.45, 2.75) is 13.8 Å². The maximum Gasteiger partial charge on any atom is 0.223 e. The Morgan fingerprint density at radius 1 is 1.67 bits per heavy atom. The normalized spacial score (nSPS) is 13.8. The second kappa shape index (κ2) is 3.45. The fourth-order valence-electron chi connectivity index (χ4n) is 0.629. The topological polar surface area (TPSA) is 63.3 Å². The molecule has 3 N–H and O–H groups in total. The minimum atomic E-state index is -0.424. The summed E-state index contributed by atoms with van der Waals surface area (Å²) in [5.74, 6) is -0.676. The first-order valence-corrected chi connectivity index (χ1v) is 2.99. The van der Waals surface area contributed by atoms with Crippen LogP contribution in [0, 0.1) is 11.8 Å². The summed E-state index contributed by atoms with van der Waals surface area (Å²) < 4.78 is 0. The van der Waals surface area contributed by atoms with E-state index in [2.05, 4.69) is 0 Å². The molecule has 3 heteroatoms. The molecule has 0 heterocycles. The van der Waals surface area contributed by atoms with Gasteiger partial charge in [-0.05, 0) is 5.92 Å². The third-order valence-electron chi connectivity index (χ3n) is 1.37. The zero-order valence-electron chi connectivity index (χ0n) is 5.79. The van der Waals surface area contributed by atoms with Gasteiger partial charge in [-0.2, -0.15) is 0 Å². The highest BCUT2D eigenvalue weighted by Crippen LogP contribution is 2.07. The van der Waals surface area contributed by atoms with E-state index in [1.165, 1.54) is 0 Å². The number of amides is 1. The summed E-state index contributed by atoms with van der Waals surface area (Å²) >= 11 is 0. The van der Waals surface area contributed by atoms with Crippen molar-refractivity contribution in [3.8, 4) is 0 Å². The molecular weight excluding hydrogens is 118 g/mol. The Hall–Kier alpha value is -0.570. The number of aliphatic hydroxyl groups excluding tert-OH is 1. The predicted molar refractivity (Wildman–Crippen MR) is 34.6 cm³/mol. The van der Waals surface area contributed by atoms with Crippen molar-refractivity contribution in [1.82, 2.24) is 0 Å². The Bertz CT molecular complexity index is 101. The van der Waals surface area contributed by atoms with Gasteiger partial charge in [0.05, 0.1) is 12.5 Å². The van der Waals surface area contributed by atoms with Crippen molar-refractivity contribution >= 4 is 5.91 Å². The molecule has 1 amide bonds. The summed E-state index contributed by atoms with van der Waals surface area (Å²) in [4.78, 5) is 10.4. The van der Waals surface area contributed by atoms with E-state index >= 15 is 0 Å². The molecule has 3 nitrogen and oxygen atoms in total. The Labute approximate surface area is 54.9 Å². The lowest BCUT2D eigenvalue weighted by atomic mass is 9.96. The number of carbonyl (C=O) groups is 1. The number of hydrogen-bond donors (Lipinski definition) is 2. The quantitative estimate of drug-likeness (QED) is 0.554. The molecule has 0 aromatic rings. The fourth-order valence-corrected chi connectivity index (χ4v) is 0.629. The van der Waals surface area contributed by atoms with E-state index in [9.17, 15) is 4.79 Å². The second-order valence-corrected chi connectivity index (χ2v) is 2.44. The van der Waals surface area contributed by atoms with Gasteiger partial charge in [-0.15, -0.1) is 0 Å². The van der Waals surface area contributed by atoms with Crippen LogP contribution in [0.15, 0.2) is 0 Å². The highest BCUT2D eigenvalue weighted by atomic mass is 16.3. The monoisotopic (exact) mass is 131 g/mol. The molecule has 0 aliphatic carbocycles. The van der Waals surface area contributed by atoms with Crippen LogP contribution in [0.25, 0.3) is 0 Å². The SMILES string of the molecule is CC(C)C(CO)C(N)=O. The van der Waals surface area contributed by atoms with Crippen LogP contribution in [0.5, 0.6) is 0 Å². The molecule has 0 aromatic carbocycles. The van der Waals surface area contributed by atoms with Crippen molar-refractivity contribution in [2.24, 2.45) is 17.6 Å². The van der Waals surface area contributed by atoms with Crippen LogP contribution in [-0.2, 0) is 4.79 Å². The zero-order valence-corrected chi connectivity index (χ0v) is 5.79. The first kappa shape index (κ1) is 8.43. The first-order valence-electron chi connectivity index (χ1n) is 2.99. The lowest BCUT2D eigenvalue weighted by molar-refractivity contribution is -0.124. The van der Waals surface area contributed by atoms with Gasteiger partial charge in [-0.25, -0.2) is 0 Å². The van der Waals surface area contributed by atoms with Gasteiger partial charge in [-0.3, -0.25) is 4.79 Å². The first-order chi connectivity index (χ1) is 4.09. The summed E-state index contributed by atoms with van der Waals surface area (Å²) in [6.45, 7) is 3.56. The average Bonchev–Trinajstić information content (AvgIpc) is 1.64. The molecule has 0 rings (SSSR count). The molecule has 0 aliphatic heterocycles. The standard InChI is InChI=1S/C6H13NO2/c1-4(2)5(3-8)6(7)9/h4-5,8H,3H2,1-2H3,(H2,7,9). The maximum absolute atomic E-state index is 10.4. The fraction of sp³-hybridized carbons (Fsp3) is 0.833. The minimum absolute atomic E-state index is 0.132. The van der Waals surface area contributed by atoms with E-state index < -0.39 is 5.91 Å². The van der Waals surface area contributed by atoms with E-state index in [0.29, 0.717) is 0 Å². The Kier molecular flexibility index (Phi) is 3.24. The van der Waals surface area contributed by atoms with E-state index in [4.69, 9.17) is 10.8 Å². The molecule has 0 aromatic heterocycles. The smallest absolute Gasteiger partial charge is 0.223 e. The molecule has 1 unspecified atom stereocenters. The van der Waals surface area contributed by atoms with Crippen LogP contribution < -0.4 is 5.73 Å².